The summed E-state index contributed by atoms with van der Waals surface area (Å²) < 4.78 is 0. The minimum atomic E-state index is 0.371. The lowest BCUT2D eigenvalue weighted by Gasteiger charge is -2.41. The van der Waals surface area contributed by atoms with Crippen LogP contribution < -0.4 is 4.90 Å². The van der Waals surface area contributed by atoms with Crippen LogP contribution in [0, 0.1) is 0 Å². The van der Waals surface area contributed by atoms with Crippen LogP contribution in [0.25, 0.3) is 0 Å². The molecule has 0 saturated carbocycles. The molecule has 3 rings (SSSR count). The van der Waals surface area contributed by atoms with E-state index in [0.717, 1.165) is 13.1 Å². The van der Waals surface area contributed by atoms with E-state index in [4.69, 9.17) is 0 Å². The lowest BCUT2D eigenvalue weighted by molar-refractivity contribution is 0.264. The summed E-state index contributed by atoms with van der Waals surface area (Å²) in [6, 6.07) is 8.92. The highest BCUT2D eigenvalue weighted by atomic mass is 16.3. The third kappa shape index (κ3) is 1.55. The van der Waals surface area contributed by atoms with Gasteiger partial charge in [0.25, 0.3) is 0 Å². The molecule has 1 aromatic rings. The zero-order valence-electron chi connectivity index (χ0n) is 9.63. The van der Waals surface area contributed by atoms with Crippen LogP contribution >= 0.6 is 0 Å². The maximum absolute atomic E-state index is 9.55. The number of anilines is 1. The van der Waals surface area contributed by atoms with E-state index in [9.17, 15) is 5.11 Å². The number of rotatable bonds is 1. The van der Waals surface area contributed by atoms with Crippen molar-refractivity contribution >= 4 is 5.69 Å². The third-order valence-corrected chi connectivity index (χ3v) is 3.79. The maximum Gasteiger partial charge on any atom is 0.117 e. The van der Waals surface area contributed by atoms with Gasteiger partial charge in [0.2, 0.25) is 0 Å². The quantitative estimate of drug-likeness (QED) is 0.777. The number of phenolic OH excluding ortho intramolecular Hbond substituents is 1. The SMILES string of the molecule is CN1C[C@H]2CC[C@@H](C1)N2c1cccc(O)c1. The van der Waals surface area contributed by atoms with E-state index in [0.29, 0.717) is 17.8 Å². The Morgan fingerprint density at radius 2 is 1.88 bits per heavy atom. The molecule has 0 aromatic heterocycles. The molecule has 2 heterocycles. The number of likely N-dealkylation sites (tertiary alicyclic amines) is 1. The molecule has 2 aliphatic rings. The second-order valence-corrected chi connectivity index (χ2v) is 5.03. The summed E-state index contributed by atoms with van der Waals surface area (Å²) in [6.45, 7) is 2.29. The summed E-state index contributed by atoms with van der Waals surface area (Å²) in [4.78, 5) is 4.92. The van der Waals surface area contributed by atoms with Crippen LogP contribution in [0.4, 0.5) is 5.69 Å². The topological polar surface area (TPSA) is 26.7 Å². The normalized spacial score (nSPS) is 29.7. The molecule has 3 heteroatoms. The lowest BCUT2D eigenvalue weighted by Crippen LogP contribution is -2.52. The molecule has 2 bridgehead atoms. The highest BCUT2D eigenvalue weighted by Crippen LogP contribution is 2.35. The molecule has 2 atom stereocenters. The van der Waals surface area contributed by atoms with E-state index in [-0.39, 0.29) is 0 Å². The summed E-state index contributed by atoms with van der Waals surface area (Å²) in [7, 11) is 2.20. The molecule has 16 heavy (non-hydrogen) atoms. The van der Waals surface area contributed by atoms with Crippen LogP contribution in [0.2, 0.25) is 0 Å². The van der Waals surface area contributed by atoms with Gasteiger partial charge in [-0.1, -0.05) is 6.07 Å². The van der Waals surface area contributed by atoms with Gasteiger partial charge in [-0.3, -0.25) is 0 Å². The molecule has 3 nitrogen and oxygen atoms in total. The Labute approximate surface area is 96.3 Å². The number of benzene rings is 1. The van der Waals surface area contributed by atoms with Crippen LogP contribution in [0.3, 0.4) is 0 Å². The summed E-state index contributed by atoms with van der Waals surface area (Å²) in [6.07, 6.45) is 2.56. The highest BCUT2D eigenvalue weighted by Gasteiger charge is 2.38. The molecular formula is C13H18N2O. The van der Waals surface area contributed by atoms with Crippen LogP contribution in [0.1, 0.15) is 12.8 Å². The third-order valence-electron chi connectivity index (χ3n) is 3.79. The number of likely N-dealkylation sites (N-methyl/N-ethyl adjacent to an activating group) is 1. The Hall–Kier alpha value is -1.22. The highest BCUT2D eigenvalue weighted by molar-refractivity contribution is 5.53. The number of piperazine rings is 1. The van der Waals surface area contributed by atoms with Gasteiger partial charge in [-0.15, -0.1) is 0 Å². The molecule has 0 amide bonds. The molecule has 0 radical (unpaired) electrons. The van der Waals surface area contributed by atoms with Crippen molar-refractivity contribution in [2.24, 2.45) is 0 Å². The Balaban J connectivity index is 1.91. The molecule has 2 fully saturated rings. The Morgan fingerprint density at radius 3 is 2.50 bits per heavy atom. The fourth-order valence-corrected chi connectivity index (χ4v) is 3.19. The minimum Gasteiger partial charge on any atom is -0.508 e. The van der Waals surface area contributed by atoms with Gasteiger partial charge in [0.05, 0.1) is 0 Å². The summed E-state index contributed by atoms with van der Waals surface area (Å²) in [5, 5.41) is 9.55. The van der Waals surface area contributed by atoms with Crippen molar-refractivity contribution < 1.29 is 5.11 Å². The maximum atomic E-state index is 9.55. The second-order valence-electron chi connectivity index (χ2n) is 5.03. The number of hydrogen-bond donors (Lipinski definition) is 1. The first-order chi connectivity index (χ1) is 7.74. The van der Waals surface area contributed by atoms with Crippen LogP contribution in [-0.2, 0) is 0 Å². The first-order valence-electron chi connectivity index (χ1n) is 6.00. The Kier molecular flexibility index (Phi) is 2.28. The summed E-state index contributed by atoms with van der Waals surface area (Å²) >= 11 is 0. The standard InChI is InChI=1S/C13H18N2O/c1-14-8-11-5-6-12(9-14)15(11)10-3-2-4-13(16)7-10/h2-4,7,11-12,16H,5-6,8-9H2,1H3/t11-,12+. The van der Waals surface area contributed by atoms with Crippen LogP contribution in [0.15, 0.2) is 24.3 Å². The van der Waals surface area contributed by atoms with E-state index >= 15 is 0 Å². The zero-order valence-corrected chi connectivity index (χ0v) is 9.63. The fourth-order valence-electron chi connectivity index (χ4n) is 3.19. The Bertz CT molecular complexity index is 379. The van der Waals surface area contributed by atoms with Gasteiger partial charge in [-0.05, 0) is 32.0 Å². The van der Waals surface area contributed by atoms with Crippen molar-refractivity contribution in [3.05, 3.63) is 24.3 Å². The average Bonchev–Trinajstić information content (AvgIpc) is 2.51. The molecule has 0 unspecified atom stereocenters. The van der Waals surface area contributed by atoms with Gasteiger partial charge in [0.1, 0.15) is 5.75 Å². The van der Waals surface area contributed by atoms with Crippen molar-refractivity contribution in [3.8, 4) is 5.75 Å². The summed E-state index contributed by atoms with van der Waals surface area (Å²) in [5.41, 5.74) is 1.18. The molecule has 1 N–H and O–H groups in total. The second kappa shape index (κ2) is 3.67. The smallest absolute Gasteiger partial charge is 0.117 e. The predicted molar refractivity (Wildman–Crippen MR) is 64.9 cm³/mol. The zero-order chi connectivity index (χ0) is 11.1. The molecular weight excluding hydrogens is 200 g/mol. The van der Waals surface area contributed by atoms with E-state index in [1.165, 1.54) is 18.5 Å². The van der Waals surface area contributed by atoms with Crippen molar-refractivity contribution in [1.29, 1.82) is 0 Å². The lowest BCUT2D eigenvalue weighted by atomic mass is 10.1. The molecule has 86 valence electrons. The van der Waals surface area contributed by atoms with Gasteiger partial charge in [-0.25, -0.2) is 0 Å². The Morgan fingerprint density at radius 1 is 1.19 bits per heavy atom. The van der Waals surface area contributed by atoms with Gasteiger partial charge in [0, 0.05) is 36.9 Å². The number of fused-ring (bicyclic) bond motifs is 2. The largest absolute Gasteiger partial charge is 0.508 e. The molecule has 0 spiro atoms. The first-order valence-corrected chi connectivity index (χ1v) is 6.00. The van der Waals surface area contributed by atoms with Crippen molar-refractivity contribution in [2.45, 2.75) is 24.9 Å². The number of aromatic hydroxyl groups is 1. The predicted octanol–water partition coefficient (Wildman–Crippen LogP) is 1.67. The molecule has 1 aromatic carbocycles. The number of hydrogen-bond acceptors (Lipinski definition) is 3. The van der Waals surface area contributed by atoms with E-state index in [2.05, 4.69) is 22.9 Å². The first kappa shape index (κ1) is 9.97. The van der Waals surface area contributed by atoms with Gasteiger partial charge in [0.15, 0.2) is 0 Å². The number of phenols is 1. The monoisotopic (exact) mass is 218 g/mol. The van der Waals surface area contributed by atoms with Gasteiger partial charge < -0.3 is 14.9 Å². The average molecular weight is 218 g/mol. The number of nitrogens with zero attached hydrogens (tertiary/aromatic N) is 2. The van der Waals surface area contributed by atoms with Crippen LogP contribution in [0.5, 0.6) is 5.75 Å². The molecule has 2 aliphatic heterocycles. The van der Waals surface area contributed by atoms with E-state index < -0.39 is 0 Å². The van der Waals surface area contributed by atoms with E-state index in [1.807, 2.05) is 12.1 Å². The van der Waals surface area contributed by atoms with Gasteiger partial charge >= 0.3 is 0 Å². The molecule has 0 aliphatic carbocycles. The van der Waals surface area contributed by atoms with E-state index in [1.54, 1.807) is 6.07 Å². The van der Waals surface area contributed by atoms with Crippen LogP contribution in [-0.4, -0.2) is 42.2 Å². The van der Waals surface area contributed by atoms with Crippen molar-refractivity contribution in [2.75, 3.05) is 25.0 Å². The van der Waals surface area contributed by atoms with Crippen molar-refractivity contribution in [3.63, 3.8) is 0 Å². The summed E-state index contributed by atoms with van der Waals surface area (Å²) in [5.74, 6) is 0.371. The minimum absolute atomic E-state index is 0.371. The fraction of sp³-hybridized carbons (Fsp3) is 0.538. The van der Waals surface area contributed by atoms with Crippen molar-refractivity contribution in [1.82, 2.24) is 4.90 Å². The van der Waals surface area contributed by atoms with Gasteiger partial charge in [-0.2, -0.15) is 0 Å². The molecule has 2 saturated heterocycles.